The van der Waals surface area contributed by atoms with Crippen LogP contribution in [0.1, 0.15) is 38.5 Å². The van der Waals surface area contributed by atoms with Crippen LogP contribution in [0.15, 0.2) is 0 Å². The molecule has 10 heavy (non-hydrogen) atoms. The van der Waals surface area contributed by atoms with E-state index in [4.69, 9.17) is 0 Å². The predicted octanol–water partition coefficient (Wildman–Crippen LogP) is 1.70. The summed E-state index contributed by atoms with van der Waals surface area (Å²) in [6.45, 7) is 0. The Balaban J connectivity index is 2.27. The highest BCUT2D eigenvalue weighted by molar-refractivity contribution is 4.99. The summed E-state index contributed by atoms with van der Waals surface area (Å²) >= 11 is 0. The van der Waals surface area contributed by atoms with E-state index in [0.29, 0.717) is 0 Å². The molecular formula is C9H14O. The van der Waals surface area contributed by atoms with Gasteiger partial charge in [-0.1, -0.05) is 0 Å². The highest BCUT2D eigenvalue weighted by Gasteiger charge is 2.02. The smallest absolute Gasteiger partial charge is 0.0541 e. The lowest BCUT2D eigenvalue weighted by Crippen LogP contribution is -2.04. The molecule has 1 rings (SSSR count). The standard InChI is InChI=1S/C9H14O/c10-9-7-5-3-1-2-4-6-8-9/h9-10H,3-8H2. The molecule has 0 amide bonds. The molecule has 0 unspecified atom stereocenters. The van der Waals surface area contributed by atoms with Gasteiger partial charge in [0.15, 0.2) is 0 Å². The van der Waals surface area contributed by atoms with Crippen LogP contribution in [0.4, 0.5) is 0 Å². The van der Waals surface area contributed by atoms with E-state index in [1.165, 1.54) is 0 Å². The molecule has 0 atom stereocenters. The van der Waals surface area contributed by atoms with Gasteiger partial charge in [0.2, 0.25) is 0 Å². The summed E-state index contributed by atoms with van der Waals surface area (Å²) in [6.07, 6.45) is 5.88. The molecule has 1 aliphatic rings. The van der Waals surface area contributed by atoms with Gasteiger partial charge < -0.3 is 5.11 Å². The van der Waals surface area contributed by atoms with E-state index < -0.39 is 0 Å². The van der Waals surface area contributed by atoms with E-state index in [0.717, 1.165) is 38.5 Å². The quantitative estimate of drug-likeness (QED) is 0.505. The molecule has 1 nitrogen and oxygen atoms in total. The van der Waals surface area contributed by atoms with Crippen LogP contribution in [0.25, 0.3) is 0 Å². The zero-order chi connectivity index (χ0) is 7.23. The topological polar surface area (TPSA) is 20.2 Å². The summed E-state index contributed by atoms with van der Waals surface area (Å²) < 4.78 is 0. The van der Waals surface area contributed by atoms with Crippen molar-refractivity contribution in [2.24, 2.45) is 0 Å². The summed E-state index contributed by atoms with van der Waals surface area (Å²) in [5, 5.41) is 9.28. The number of aliphatic hydroxyl groups excluding tert-OH is 1. The van der Waals surface area contributed by atoms with Gasteiger partial charge in [-0.25, -0.2) is 0 Å². The predicted molar refractivity (Wildman–Crippen MR) is 41.5 cm³/mol. The van der Waals surface area contributed by atoms with Crippen molar-refractivity contribution in [3.05, 3.63) is 0 Å². The second-order valence-corrected chi connectivity index (χ2v) is 2.79. The van der Waals surface area contributed by atoms with E-state index in [1.54, 1.807) is 0 Å². The number of hydrogen-bond donors (Lipinski definition) is 1. The molecule has 0 aliphatic heterocycles. The Hall–Kier alpha value is -0.480. The van der Waals surface area contributed by atoms with Crippen LogP contribution in [0.3, 0.4) is 0 Å². The van der Waals surface area contributed by atoms with Crippen molar-refractivity contribution in [1.29, 1.82) is 0 Å². The Kier molecular flexibility index (Phi) is 3.32. The van der Waals surface area contributed by atoms with Crippen molar-refractivity contribution < 1.29 is 5.11 Å². The molecule has 0 saturated heterocycles. The molecule has 0 bridgehead atoms. The average Bonchev–Trinajstić information content (AvgIpc) is 2.02. The van der Waals surface area contributed by atoms with Gasteiger partial charge in [-0.15, -0.1) is 11.8 Å². The second-order valence-electron chi connectivity index (χ2n) is 2.79. The summed E-state index contributed by atoms with van der Waals surface area (Å²) in [4.78, 5) is 0. The number of hydrogen-bond acceptors (Lipinski definition) is 1. The maximum Gasteiger partial charge on any atom is 0.0541 e. The van der Waals surface area contributed by atoms with Crippen molar-refractivity contribution in [2.45, 2.75) is 44.6 Å². The minimum atomic E-state index is -0.0679. The van der Waals surface area contributed by atoms with Gasteiger partial charge in [0.05, 0.1) is 6.10 Å². The van der Waals surface area contributed by atoms with Crippen molar-refractivity contribution >= 4 is 0 Å². The van der Waals surface area contributed by atoms with Crippen molar-refractivity contribution in [3.8, 4) is 11.8 Å². The van der Waals surface area contributed by atoms with Crippen LogP contribution in [0, 0.1) is 11.8 Å². The van der Waals surface area contributed by atoms with Gasteiger partial charge >= 0.3 is 0 Å². The van der Waals surface area contributed by atoms with Crippen molar-refractivity contribution in [2.75, 3.05) is 0 Å². The van der Waals surface area contributed by atoms with Crippen LogP contribution < -0.4 is 0 Å². The molecule has 1 heteroatoms. The molecule has 0 fully saturated rings. The SMILES string of the molecule is OC1CCCC#CCCC1. The first kappa shape index (κ1) is 7.63. The van der Waals surface area contributed by atoms with E-state index in [9.17, 15) is 5.11 Å². The maximum absolute atomic E-state index is 9.28. The van der Waals surface area contributed by atoms with E-state index >= 15 is 0 Å². The van der Waals surface area contributed by atoms with Gasteiger partial charge in [-0.2, -0.15) is 0 Å². The summed E-state index contributed by atoms with van der Waals surface area (Å²) in [7, 11) is 0. The van der Waals surface area contributed by atoms with Crippen LogP contribution in [0.2, 0.25) is 0 Å². The third kappa shape index (κ3) is 2.89. The van der Waals surface area contributed by atoms with E-state index in [1.807, 2.05) is 0 Å². The maximum atomic E-state index is 9.28. The molecule has 0 heterocycles. The zero-order valence-corrected chi connectivity index (χ0v) is 6.27. The van der Waals surface area contributed by atoms with Crippen molar-refractivity contribution in [3.63, 3.8) is 0 Å². The van der Waals surface area contributed by atoms with Gasteiger partial charge in [0, 0.05) is 12.8 Å². The minimum absolute atomic E-state index is 0.0679. The van der Waals surface area contributed by atoms with Crippen LogP contribution >= 0.6 is 0 Å². The zero-order valence-electron chi connectivity index (χ0n) is 6.27. The lowest BCUT2D eigenvalue weighted by atomic mass is 10.1. The third-order valence-corrected chi connectivity index (χ3v) is 1.80. The van der Waals surface area contributed by atoms with Crippen LogP contribution in [0.5, 0.6) is 0 Å². The van der Waals surface area contributed by atoms with Crippen LogP contribution in [-0.4, -0.2) is 11.2 Å². The largest absolute Gasteiger partial charge is 0.393 e. The lowest BCUT2D eigenvalue weighted by molar-refractivity contribution is 0.151. The molecule has 1 aliphatic carbocycles. The highest BCUT2D eigenvalue weighted by Crippen LogP contribution is 2.09. The van der Waals surface area contributed by atoms with E-state index in [2.05, 4.69) is 11.8 Å². The molecule has 56 valence electrons. The first-order chi connectivity index (χ1) is 4.89. The fraction of sp³-hybridized carbons (Fsp3) is 0.778. The van der Waals surface area contributed by atoms with Gasteiger partial charge in [0.1, 0.15) is 0 Å². The lowest BCUT2D eigenvalue weighted by Gasteiger charge is -2.06. The van der Waals surface area contributed by atoms with Gasteiger partial charge in [-0.3, -0.25) is 0 Å². The van der Waals surface area contributed by atoms with Crippen molar-refractivity contribution in [1.82, 2.24) is 0 Å². The fourth-order valence-corrected chi connectivity index (χ4v) is 1.17. The Labute approximate surface area is 62.4 Å². The minimum Gasteiger partial charge on any atom is -0.393 e. The molecule has 0 spiro atoms. The monoisotopic (exact) mass is 138 g/mol. The van der Waals surface area contributed by atoms with Gasteiger partial charge in [-0.05, 0) is 25.7 Å². The molecule has 0 aromatic heterocycles. The molecule has 0 saturated carbocycles. The average molecular weight is 138 g/mol. The Morgan fingerprint density at radius 1 is 1.00 bits per heavy atom. The summed E-state index contributed by atoms with van der Waals surface area (Å²) in [5.74, 6) is 6.17. The first-order valence-electron chi connectivity index (χ1n) is 4.03. The molecule has 0 aromatic carbocycles. The molecule has 1 N–H and O–H groups in total. The highest BCUT2D eigenvalue weighted by atomic mass is 16.3. The van der Waals surface area contributed by atoms with Gasteiger partial charge in [0.25, 0.3) is 0 Å². The third-order valence-electron chi connectivity index (χ3n) is 1.80. The molecule has 0 aromatic rings. The number of rotatable bonds is 0. The first-order valence-corrected chi connectivity index (χ1v) is 4.03. The fourth-order valence-electron chi connectivity index (χ4n) is 1.17. The normalized spacial score (nSPS) is 21.7. The second kappa shape index (κ2) is 4.35. The summed E-state index contributed by atoms with van der Waals surface area (Å²) in [6, 6.07) is 0. The van der Waals surface area contributed by atoms with Crippen LogP contribution in [-0.2, 0) is 0 Å². The summed E-state index contributed by atoms with van der Waals surface area (Å²) in [5.41, 5.74) is 0. The molecular weight excluding hydrogens is 124 g/mol. The Morgan fingerprint density at radius 2 is 1.50 bits per heavy atom. The Morgan fingerprint density at radius 3 is 2.00 bits per heavy atom. The number of aliphatic hydroxyl groups is 1. The van der Waals surface area contributed by atoms with E-state index in [-0.39, 0.29) is 6.10 Å². The molecule has 0 radical (unpaired) electrons. The Bertz CT molecular complexity index is 127.